The Morgan fingerprint density at radius 3 is 2.86 bits per heavy atom. The van der Waals surface area contributed by atoms with Crippen molar-refractivity contribution in [3.63, 3.8) is 0 Å². The van der Waals surface area contributed by atoms with E-state index in [1.807, 2.05) is 12.1 Å². The molecule has 0 radical (unpaired) electrons. The van der Waals surface area contributed by atoms with E-state index in [9.17, 15) is 4.79 Å². The number of aromatic nitrogens is 4. The Hall–Kier alpha value is -2.58. The van der Waals surface area contributed by atoms with Crippen LogP contribution in [0.3, 0.4) is 0 Å². The number of hydrogen-bond acceptors (Lipinski definition) is 6. The number of halogens is 1. The van der Waals surface area contributed by atoms with Crippen LogP contribution in [0.4, 0.5) is 11.6 Å². The first-order chi connectivity index (χ1) is 13.6. The van der Waals surface area contributed by atoms with Gasteiger partial charge in [0.2, 0.25) is 11.7 Å². The third-order valence-electron chi connectivity index (χ3n) is 4.76. The molecular formula is C19H23ClN6O2. The largest absolute Gasteiger partial charge is 0.378 e. The second-order valence-corrected chi connectivity index (χ2v) is 7.19. The topological polar surface area (TPSA) is 87.6 Å². The first-order valence-corrected chi connectivity index (χ1v) is 9.86. The van der Waals surface area contributed by atoms with Crippen LogP contribution >= 0.6 is 11.6 Å². The highest BCUT2D eigenvalue weighted by Crippen LogP contribution is 2.25. The van der Waals surface area contributed by atoms with Crippen LogP contribution in [0.2, 0.25) is 5.02 Å². The molecule has 1 aromatic carbocycles. The van der Waals surface area contributed by atoms with E-state index >= 15 is 0 Å². The first kappa shape index (κ1) is 18.8. The molecule has 3 aromatic rings. The maximum absolute atomic E-state index is 12.2. The lowest BCUT2D eigenvalue weighted by atomic mass is 10.2. The lowest BCUT2D eigenvalue weighted by molar-refractivity contribution is 0.122. The van der Waals surface area contributed by atoms with Gasteiger partial charge in [-0.3, -0.25) is 4.79 Å². The van der Waals surface area contributed by atoms with Crippen LogP contribution in [0.1, 0.15) is 24.6 Å². The van der Waals surface area contributed by atoms with Crippen molar-refractivity contribution >= 4 is 29.0 Å². The molecule has 3 heterocycles. The van der Waals surface area contributed by atoms with Crippen LogP contribution in [0.25, 0.3) is 5.78 Å². The molecular weight excluding hydrogens is 380 g/mol. The molecule has 2 aromatic heterocycles. The smallest absolute Gasteiger partial charge is 0.275 e. The van der Waals surface area contributed by atoms with Gasteiger partial charge < -0.3 is 19.9 Å². The third kappa shape index (κ3) is 3.98. The van der Waals surface area contributed by atoms with Gasteiger partial charge in [-0.25, -0.2) is 0 Å². The van der Waals surface area contributed by atoms with Gasteiger partial charge in [0, 0.05) is 42.1 Å². The van der Waals surface area contributed by atoms with Gasteiger partial charge in [0.1, 0.15) is 0 Å². The summed E-state index contributed by atoms with van der Waals surface area (Å²) in [6, 6.07) is 7.60. The highest BCUT2D eigenvalue weighted by Gasteiger charge is 2.13. The number of aryl methyl sites for hydroxylation is 1. The zero-order valence-electron chi connectivity index (χ0n) is 15.7. The zero-order chi connectivity index (χ0) is 19.5. The minimum Gasteiger partial charge on any atom is -0.378 e. The molecule has 9 heteroatoms. The Morgan fingerprint density at radius 1 is 1.29 bits per heavy atom. The quantitative estimate of drug-likeness (QED) is 0.658. The number of nitrogens with zero attached hydrogens (tertiary/aromatic N) is 4. The monoisotopic (exact) mass is 402 g/mol. The fraction of sp³-hybridized carbons (Fsp3) is 0.421. The van der Waals surface area contributed by atoms with E-state index in [1.165, 1.54) is 4.52 Å². The molecule has 1 aliphatic rings. The van der Waals surface area contributed by atoms with Gasteiger partial charge in [-0.15, -0.1) is 5.10 Å². The number of hydrogen-bond donors (Lipinski definition) is 2. The van der Waals surface area contributed by atoms with Crippen molar-refractivity contribution in [2.24, 2.45) is 0 Å². The SMILES string of the molecule is CCCc1cc(=O)n2nc(NCc3ccc(N4CCOCC4)cc3Cl)nc2[nH]1. The highest BCUT2D eigenvalue weighted by molar-refractivity contribution is 6.31. The molecule has 0 aliphatic carbocycles. The molecule has 8 nitrogen and oxygen atoms in total. The molecule has 0 atom stereocenters. The fourth-order valence-corrected chi connectivity index (χ4v) is 3.53. The lowest BCUT2D eigenvalue weighted by Crippen LogP contribution is -2.36. The summed E-state index contributed by atoms with van der Waals surface area (Å²) >= 11 is 6.47. The predicted molar refractivity (Wildman–Crippen MR) is 109 cm³/mol. The standard InChI is InChI=1S/C19H23ClN6O2/c1-2-3-14-10-17(27)26-19(22-14)23-18(24-26)21-12-13-4-5-15(11-16(13)20)25-6-8-28-9-7-25/h4-5,10-11H,2-3,6-9,12H2,1H3,(H2,21,22,23,24). The minimum absolute atomic E-state index is 0.189. The second-order valence-electron chi connectivity index (χ2n) is 6.78. The summed E-state index contributed by atoms with van der Waals surface area (Å²) < 4.78 is 6.66. The molecule has 2 N–H and O–H groups in total. The van der Waals surface area contributed by atoms with Crippen LogP contribution in [-0.4, -0.2) is 45.9 Å². The van der Waals surface area contributed by atoms with Crippen molar-refractivity contribution in [3.05, 3.63) is 50.9 Å². The van der Waals surface area contributed by atoms with Gasteiger partial charge in [-0.2, -0.15) is 9.50 Å². The van der Waals surface area contributed by atoms with Gasteiger partial charge in [0.15, 0.2) is 0 Å². The molecule has 1 saturated heterocycles. The van der Waals surface area contributed by atoms with E-state index in [4.69, 9.17) is 16.3 Å². The molecule has 28 heavy (non-hydrogen) atoms. The van der Waals surface area contributed by atoms with E-state index in [0.717, 1.165) is 56.1 Å². The van der Waals surface area contributed by atoms with Gasteiger partial charge in [-0.05, 0) is 24.1 Å². The summed E-state index contributed by atoms with van der Waals surface area (Å²) in [6.45, 7) is 5.74. The summed E-state index contributed by atoms with van der Waals surface area (Å²) in [5.41, 5.74) is 2.71. The zero-order valence-corrected chi connectivity index (χ0v) is 16.5. The molecule has 148 valence electrons. The van der Waals surface area contributed by atoms with Crippen molar-refractivity contribution in [2.45, 2.75) is 26.3 Å². The van der Waals surface area contributed by atoms with Crippen molar-refractivity contribution in [2.75, 3.05) is 36.5 Å². The van der Waals surface area contributed by atoms with Crippen LogP contribution in [0.5, 0.6) is 0 Å². The Balaban J connectivity index is 1.48. The molecule has 4 rings (SSSR count). The Labute approximate surface area is 167 Å². The van der Waals surface area contributed by atoms with E-state index < -0.39 is 0 Å². The lowest BCUT2D eigenvalue weighted by Gasteiger charge is -2.29. The van der Waals surface area contributed by atoms with Crippen LogP contribution < -0.4 is 15.8 Å². The number of fused-ring (bicyclic) bond motifs is 1. The van der Waals surface area contributed by atoms with Gasteiger partial charge >= 0.3 is 0 Å². The maximum Gasteiger partial charge on any atom is 0.275 e. The highest BCUT2D eigenvalue weighted by atomic mass is 35.5. The molecule has 0 bridgehead atoms. The number of aromatic amines is 1. The summed E-state index contributed by atoms with van der Waals surface area (Å²) in [7, 11) is 0. The Morgan fingerprint density at radius 2 is 2.11 bits per heavy atom. The molecule has 0 saturated carbocycles. The average molecular weight is 403 g/mol. The Bertz CT molecular complexity index is 1020. The molecule has 0 amide bonds. The van der Waals surface area contributed by atoms with Crippen molar-refractivity contribution < 1.29 is 4.74 Å². The van der Waals surface area contributed by atoms with Gasteiger partial charge in [-0.1, -0.05) is 31.0 Å². The normalized spacial score (nSPS) is 14.6. The summed E-state index contributed by atoms with van der Waals surface area (Å²) in [6.07, 6.45) is 1.75. The number of ether oxygens (including phenoxy) is 1. The summed E-state index contributed by atoms with van der Waals surface area (Å²) in [5.74, 6) is 0.822. The van der Waals surface area contributed by atoms with Gasteiger partial charge in [0.25, 0.3) is 5.56 Å². The maximum atomic E-state index is 12.2. The summed E-state index contributed by atoms with van der Waals surface area (Å²) in [4.78, 5) is 22.0. The van der Waals surface area contributed by atoms with Crippen LogP contribution in [-0.2, 0) is 17.7 Å². The second kappa shape index (κ2) is 8.20. The predicted octanol–water partition coefficient (Wildman–Crippen LogP) is 2.47. The van der Waals surface area contributed by atoms with E-state index in [0.29, 0.717) is 23.3 Å². The van der Waals surface area contributed by atoms with E-state index in [1.54, 1.807) is 6.07 Å². The minimum atomic E-state index is -0.189. The van der Waals surface area contributed by atoms with E-state index in [-0.39, 0.29) is 5.56 Å². The van der Waals surface area contributed by atoms with Gasteiger partial charge in [0.05, 0.1) is 13.2 Å². The summed E-state index contributed by atoms with van der Waals surface area (Å²) in [5, 5.41) is 8.07. The van der Waals surface area contributed by atoms with Crippen LogP contribution in [0, 0.1) is 0 Å². The third-order valence-corrected chi connectivity index (χ3v) is 5.11. The first-order valence-electron chi connectivity index (χ1n) is 9.48. The average Bonchev–Trinajstić information content (AvgIpc) is 3.11. The number of morpholine rings is 1. The fourth-order valence-electron chi connectivity index (χ4n) is 3.29. The van der Waals surface area contributed by atoms with Crippen LogP contribution in [0.15, 0.2) is 29.1 Å². The number of H-pyrrole nitrogens is 1. The number of benzene rings is 1. The van der Waals surface area contributed by atoms with Crippen molar-refractivity contribution in [3.8, 4) is 0 Å². The van der Waals surface area contributed by atoms with Crippen molar-refractivity contribution in [1.82, 2.24) is 19.6 Å². The number of anilines is 2. The Kier molecular flexibility index (Phi) is 5.50. The molecule has 1 fully saturated rings. The number of rotatable bonds is 6. The molecule has 0 unspecified atom stereocenters. The number of nitrogens with one attached hydrogen (secondary N) is 2. The molecule has 1 aliphatic heterocycles. The molecule has 0 spiro atoms. The van der Waals surface area contributed by atoms with Crippen molar-refractivity contribution in [1.29, 1.82) is 0 Å². The van der Waals surface area contributed by atoms with E-state index in [2.05, 4.69) is 38.3 Å².